The highest BCUT2D eigenvalue weighted by Crippen LogP contribution is 2.19. The summed E-state index contributed by atoms with van der Waals surface area (Å²) < 4.78 is 36.1. The maximum absolute atomic E-state index is 12.4. The molecule has 8 heteroatoms. The van der Waals surface area contributed by atoms with E-state index in [0.717, 1.165) is 0 Å². The highest BCUT2D eigenvalue weighted by Gasteiger charge is 2.31. The maximum atomic E-state index is 12.4. The summed E-state index contributed by atoms with van der Waals surface area (Å²) in [6.45, 7) is 10.5. The number of ether oxygens (including phenoxy) is 1. The van der Waals surface area contributed by atoms with Crippen molar-refractivity contribution in [2.24, 2.45) is 0 Å². The molecular weight excluding hydrogens is 292 g/mol. The van der Waals surface area contributed by atoms with E-state index in [9.17, 15) is 8.42 Å². The van der Waals surface area contributed by atoms with E-state index in [1.807, 2.05) is 34.6 Å². The molecule has 2 unspecified atom stereocenters. The fraction of sp³-hybridized carbons (Fsp3) is 0.769. The minimum atomic E-state index is -3.58. The summed E-state index contributed by atoms with van der Waals surface area (Å²) in [6.07, 6.45) is 3.01. The van der Waals surface area contributed by atoms with Gasteiger partial charge in [0.1, 0.15) is 0 Å². The first kappa shape index (κ1) is 16.3. The van der Waals surface area contributed by atoms with Crippen LogP contribution in [0.25, 0.3) is 0 Å². The maximum Gasteiger partial charge on any atom is 0.301 e. The van der Waals surface area contributed by atoms with Gasteiger partial charge in [-0.25, -0.2) is 0 Å². The highest BCUT2D eigenvalue weighted by atomic mass is 32.2. The van der Waals surface area contributed by atoms with Gasteiger partial charge in [-0.2, -0.15) is 17.8 Å². The van der Waals surface area contributed by atoms with E-state index in [-0.39, 0.29) is 17.7 Å². The Morgan fingerprint density at radius 3 is 2.33 bits per heavy atom. The van der Waals surface area contributed by atoms with Crippen molar-refractivity contribution in [1.29, 1.82) is 0 Å². The summed E-state index contributed by atoms with van der Waals surface area (Å²) in [5.41, 5.74) is 0.280. The lowest BCUT2D eigenvalue weighted by Gasteiger charge is -2.34. The number of hydrogen-bond donors (Lipinski definition) is 1. The molecule has 0 spiro atoms. The Morgan fingerprint density at radius 2 is 1.86 bits per heavy atom. The topological polar surface area (TPSA) is 76.5 Å². The molecule has 0 radical (unpaired) electrons. The molecule has 1 aromatic heterocycles. The van der Waals surface area contributed by atoms with Gasteiger partial charge < -0.3 is 4.74 Å². The molecule has 7 nitrogen and oxygen atoms in total. The molecule has 0 amide bonds. The predicted molar refractivity (Wildman–Crippen MR) is 81.3 cm³/mol. The molecule has 0 saturated carbocycles. The third kappa shape index (κ3) is 3.96. The minimum Gasteiger partial charge on any atom is -0.373 e. The number of aromatic nitrogens is 2. The molecule has 1 N–H and O–H groups in total. The number of morpholine rings is 1. The van der Waals surface area contributed by atoms with E-state index in [2.05, 4.69) is 9.82 Å². The lowest BCUT2D eigenvalue weighted by Crippen LogP contribution is -2.49. The molecule has 0 aromatic carbocycles. The van der Waals surface area contributed by atoms with Crippen LogP contribution in [0.1, 0.15) is 34.6 Å². The fourth-order valence-corrected chi connectivity index (χ4v) is 3.63. The van der Waals surface area contributed by atoms with Crippen LogP contribution in [-0.4, -0.2) is 47.8 Å². The van der Waals surface area contributed by atoms with Crippen LogP contribution in [0.4, 0.5) is 5.69 Å². The summed E-state index contributed by atoms with van der Waals surface area (Å²) in [7, 11) is -3.58. The second kappa shape index (κ2) is 5.58. The number of nitrogens with zero attached hydrogens (tertiary/aromatic N) is 3. The summed E-state index contributed by atoms with van der Waals surface area (Å²) in [5, 5.41) is 4.19. The van der Waals surface area contributed by atoms with Crippen molar-refractivity contribution in [1.82, 2.24) is 14.1 Å². The Balaban J connectivity index is 2.12. The van der Waals surface area contributed by atoms with Gasteiger partial charge in [0, 0.05) is 19.3 Å². The predicted octanol–water partition coefficient (Wildman–Crippen LogP) is 1.40. The Hall–Kier alpha value is -1.12. The molecule has 120 valence electrons. The first-order valence-electron chi connectivity index (χ1n) is 7.06. The van der Waals surface area contributed by atoms with Crippen LogP contribution in [0.15, 0.2) is 12.4 Å². The second-order valence-corrected chi connectivity index (χ2v) is 8.20. The van der Waals surface area contributed by atoms with Crippen molar-refractivity contribution in [3.8, 4) is 0 Å². The summed E-state index contributed by atoms with van der Waals surface area (Å²) in [4.78, 5) is 0. The normalized spacial score (nSPS) is 25.0. The van der Waals surface area contributed by atoms with Gasteiger partial charge in [0.05, 0.1) is 29.6 Å². The number of hydrogen-bond acceptors (Lipinski definition) is 4. The van der Waals surface area contributed by atoms with Crippen LogP contribution >= 0.6 is 0 Å². The SMILES string of the molecule is CC1CN(S(=O)(=O)Nc2cnn(C(C)(C)C)c2)CC(C)O1. The first-order chi connectivity index (χ1) is 9.58. The van der Waals surface area contributed by atoms with Crippen molar-refractivity contribution in [3.05, 3.63) is 12.4 Å². The molecular formula is C13H24N4O3S. The van der Waals surface area contributed by atoms with E-state index in [4.69, 9.17) is 4.74 Å². The Bertz CT molecular complexity index is 581. The average molecular weight is 316 g/mol. The van der Waals surface area contributed by atoms with Gasteiger partial charge in [0.2, 0.25) is 0 Å². The van der Waals surface area contributed by atoms with E-state index in [1.54, 1.807) is 10.9 Å². The number of rotatable bonds is 3. The lowest BCUT2D eigenvalue weighted by atomic mass is 10.1. The first-order valence-corrected chi connectivity index (χ1v) is 8.50. The molecule has 21 heavy (non-hydrogen) atoms. The van der Waals surface area contributed by atoms with Gasteiger partial charge in [0.15, 0.2) is 0 Å². The summed E-state index contributed by atoms with van der Waals surface area (Å²) in [6, 6.07) is 0. The Kier molecular flexibility index (Phi) is 4.32. The molecule has 0 bridgehead atoms. The van der Waals surface area contributed by atoms with Crippen molar-refractivity contribution in [2.45, 2.75) is 52.4 Å². The molecule has 1 aliphatic rings. The van der Waals surface area contributed by atoms with Crippen LogP contribution < -0.4 is 4.72 Å². The van der Waals surface area contributed by atoms with E-state index >= 15 is 0 Å². The van der Waals surface area contributed by atoms with Crippen molar-refractivity contribution < 1.29 is 13.2 Å². The largest absolute Gasteiger partial charge is 0.373 e. The summed E-state index contributed by atoms with van der Waals surface area (Å²) >= 11 is 0. The third-order valence-corrected chi connectivity index (χ3v) is 4.71. The smallest absolute Gasteiger partial charge is 0.301 e. The molecule has 2 heterocycles. The van der Waals surface area contributed by atoms with Crippen molar-refractivity contribution in [3.63, 3.8) is 0 Å². The summed E-state index contributed by atoms with van der Waals surface area (Å²) in [5.74, 6) is 0. The standard InChI is InChI=1S/C13H24N4O3S/c1-10-7-16(8-11(2)20-10)21(18,19)15-12-6-14-17(9-12)13(3,4)5/h6,9-11,15H,7-8H2,1-5H3. The molecule has 2 atom stereocenters. The van der Waals surface area contributed by atoms with Gasteiger partial charge in [-0.3, -0.25) is 9.40 Å². The fourth-order valence-electron chi connectivity index (χ4n) is 2.28. The van der Waals surface area contributed by atoms with Gasteiger partial charge in [-0.15, -0.1) is 0 Å². The van der Waals surface area contributed by atoms with E-state index in [0.29, 0.717) is 18.8 Å². The van der Waals surface area contributed by atoms with Crippen LogP contribution in [-0.2, 0) is 20.5 Å². The number of nitrogens with one attached hydrogen (secondary N) is 1. The third-order valence-electron chi connectivity index (χ3n) is 3.24. The van der Waals surface area contributed by atoms with Gasteiger partial charge in [0.25, 0.3) is 0 Å². The lowest BCUT2D eigenvalue weighted by molar-refractivity contribution is -0.0439. The molecule has 1 aromatic rings. The molecule has 1 saturated heterocycles. The zero-order valence-corrected chi connectivity index (χ0v) is 14.0. The zero-order valence-electron chi connectivity index (χ0n) is 13.2. The van der Waals surface area contributed by atoms with E-state index < -0.39 is 10.2 Å². The average Bonchev–Trinajstić information content (AvgIpc) is 2.75. The van der Waals surface area contributed by atoms with Crippen LogP contribution in [0.3, 0.4) is 0 Å². The van der Waals surface area contributed by atoms with E-state index in [1.165, 1.54) is 10.5 Å². The minimum absolute atomic E-state index is 0.109. The van der Waals surface area contributed by atoms with Crippen LogP contribution in [0.5, 0.6) is 0 Å². The van der Waals surface area contributed by atoms with Gasteiger partial charge in [-0.05, 0) is 34.6 Å². The van der Waals surface area contributed by atoms with Crippen molar-refractivity contribution >= 4 is 15.9 Å². The monoisotopic (exact) mass is 316 g/mol. The van der Waals surface area contributed by atoms with Crippen LogP contribution in [0, 0.1) is 0 Å². The molecule has 1 fully saturated rings. The molecule has 2 rings (SSSR count). The van der Waals surface area contributed by atoms with Crippen molar-refractivity contribution in [2.75, 3.05) is 17.8 Å². The molecule has 0 aliphatic carbocycles. The van der Waals surface area contributed by atoms with Gasteiger partial charge >= 0.3 is 10.2 Å². The highest BCUT2D eigenvalue weighted by molar-refractivity contribution is 7.90. The number of anilines is 1. The quantitative estimate of drug-likeness (QED) is 0.914. The zero-order chi connectivity index (χ0) is 15.8. The second-order valence-electron chi connectivity index (χ2n) is 6.53. The van der Waals surface area contributed by atoms with Gasteiger partial charge in [-0.1, -0.05) is 0 Å². The Morgan fingerprint density at radius 1 is 1.29 bits per heavy atom. The molecule has 1 aliphatic heterocycles. The Labute approximate surface area is 126 Å². The van der Waals surface area contributed by atoms with Crippen LogP contribution in [0.2, 0.25) is 0 Å².